The molecule has 0 aliphatic carbocycles. The summed E-state index contributed by atoms with van der Waals surface area (Å²) in [7, 11) is 0. The number of hydrogen-bond acceptors (Lipinski definition) is 7. The highest BCUT2D eigenvalue weighted by molar-refractivity contribution is 5.82. The minimum Gasteiger partial charge on any atom is -0.454 e. The van der Waals surface area contributed by atoms with Crippen molar-refractivity contribution in [2.75, 3.05) is 6.61 Å². The first-order valence-electron chi connectivity index (χ1n) is 9.60. The molecule has 0 bridgehead atoms. The lowest BCUT2D eigenvalue weighted by molar-refractivity contribution is -0.384. The van der Waals surface area contributed by atoms with Gasteiger partial charge in [-0.2, -0.15) is 0 Å². The number of esters is 1. The van der Waals surface area contributed by atoms with Crippen molar-refractivity contribution in [1.82, 2.24) is 9.88 Å². The van der Waals surface area contributed by atoms with E-state index < -0.39 is 35.7 Å². The summed E-state index contributed by atoms with van der Waals surface area (Å²) in [5.74, 6) is -2.17. The third kappa shape index (κ3) is 5.16. The molecule has 3 rings (SSSR count). The molecule has 0 saturated carbocycles. The monoisotopic (exact) mass is 427 g/mol. The van der Waals surface area contributed by atoms with Gasteiger partial charge in [0.1, 0.15) is 6.54 Å². The number of rotatable bonds is 8. The molecule has 0 radical (unpaired) electrons. The molecule has 0 spiro atoms. The van der Waals surface area contributed by atoms with Gasteiger partial charge in [-0.05, 0) is 30.5 Å². The first-order valence-corrected chi connectivity index (χ1v) is 9.60. The second kappa shape index (κ2) is 9.24. The van der Waals surface area contributed by atoms with Gasteiger partial charge in [-0.1, -0.05) is 31.2 Å². The molecule has 3 aromatic rings. The largest absolute Gasteiger partial charge is 0.454 e. The summed E-state index contributed by atoms with van der Waals surface area (Å²) in [6, 6.07) is 11.2. The van der Waals surface area contributed by atoms with Gasteiger partial charge in [-0.3, -0.25) is 24.3 Å². The Hall–Kier alpha value is -3.95. The number of aryl methyl sites for hydroxylation is 1. The molecule has 1 amide bonds. The van der Waals surface area contributed by atoms with Crippen molar-refractivity contribution in [2.45, 2.75) is 32.9 Å². The van der Waals surface area contributed by atoms with E-state index in [0.717, 1.165) is 22.6 Å². The molecular weight excluding hydrogens is 406 g/mol. The number of amides is 1. The zero-order valence-electron chi connectivity index (χ0n) is 17.0. The van der Waals surface area contributed by atoms with Crippen molar-refractivity contribution >= 4 is 28.7 Å². The highest BCUT2D eigenvalue weighted by atomic mass is 16.6. The second-order valence-corrected chi connectivity index (χ2v) is 6.91. The maximum absolute atomic E-state index is 12.1. The van der Waals surface area contributed by atoms with Crippen molar-refractivity contribution in [1.29, 1.82) is 0 Å². The van der Waals surface area contributed by atoms with E-state index in [2.05, 4.69) is 12.2 Å². The molecule has 0 saturated heterocycles. The van der Waals surface area contributed by atoms with Crippen LogP contribution < -0.4 is 11.1 Å². The van der Waals surface area contributed by atoms with Gasteiger partial charge in [-0.15, -0.1) is 0 Å². The Kier molecular flexibility index (Phi) is 6.49. The molecule has 0 fully saturated rings. The SMILES string of the molecule is CCc1ccc(C(C)NC(=O)COC(=O)Cn2c(=O)oc3cc([N+](=O)[O-])ccc32)cc1. The van der Waals surface area contributed by atoms with E-state index in [1.54, 1.807) is 0 Å². The summed E-state index contributed by atoms with van der Waals surface area (Å²) < 4.78 is 10.9. The van der Waals surface area contributed by atoms with Gasteiger partial charge in [0, 0.05) is 6.07 Å². The lowest BCUT2D eigenvalue weighted by atomic mass is 10.1. The Bertz CT molecular complexity index is 1180. The molecule has 31 heavy (non-hydrogen) atoms. The summed E-state index contributed by atoms with van der Waals surface area (Å²) in [5, 5.41) is 13.6. The Morgan fingerprint density at radius 1 is 1.23 bits per heavy atom. The normalized spacial score (nSPS) is 11.8. The van der Waals surface area contributed by atoms with E-state index in [4.69, 9.17) is 9.15 Å². The Labute approximate surface area is 176 Å². The van der Waals surface area contributed by atoms with Crippen LogP contribution in [0.4, 0.5) is 5.69 Å². The Balaban J connectivity index is 1.57. The lowest BCUT2D eigenvalue weighted by Crippen LogP contribution is -2.32. The standard InChI is InChI=1S/C21H21N3O7/c1-3-14-4-6-15(7-5-14)13(2)22-19(25)12-30-20(26)11-23-17-9-8-16(24(28)29)10-18(17)31-21(23)27/h4-10,13H,3,11-12H2,1-2H3,(H,22,25). The fourth-order valence-corrected chi connectivity index (χ4v) is 3.05. The molecular formula is C21H21N3O7. The number of nitrogens with one attached hydrogen (secondary N) is 1. The van der Waals surface area contributed by atoms with Crippen LogP contribution in [-0.2, 0) is 27.3 Å². The molecule has 1 N–H and O–H groups in total. The number of carbonyl (C=O) groups is 2. The lowest BCUT2D eigenvalue weighted by Gasteiger charge is -2.15. The van der Waals surface area contributed by atoms with Crippen LogP contribution in [-0.4, -0.2) is 28.0 Å². The number of nitro benzene ring substituents is 1. The average molecular weight is 427 g/mol. The third-order valence-corrected chi connectivity index (χ3v) is 4.78. The fourth-order valence-electron chi connectivity index (χ4n) is 3.05. The zero-order chi connectivity index (χ0) is 22.5. The van der Waals surface area contributed by atoms with E-state index in [1.807, 2.05) is 31.2 Å². The molecule has 1 aromatic heterocycles. The highest BCUT2D eigenvalue weighted by Crippen LogP contribution is 2.20. The summed E-state index contributed by atoms with van der Waals surface area (Å²) in [4.78, 5) is 46.4. The van der Waals surface area contributed by atoms with Crippen LogP contribution in [0, 0.1) is 10.1 Å². The topological polar surface area (TPSA) is 134 Å². The molecule has 0 aliphatic rings. The molecule has 0 aliphatic heterocycles. The average Bonchev–Trinajstić information content (AvgIpc) is 3.06. The fraction of sp³-hybridized carbons (Fsp3) is 0.286. The number of ether oxygens (including phenoxy) is 1. The minimum atomic E-state index is -0.860. The van der Waals surface area contributed by atoms with E-state index in [1.165, 1.54) is 17.7 Å². The summed E-state index contributed by atoms with van der Waals surface area (Å²) in [6.45, 7) is 2.87. The van der Waals surface area contributed by atoms with Crippen molar-refractivity contribution in [3.05, 3.63) is 74.3 Å². The van der Waals surface area contributed by atoms with Gasteiger partial charge in [0.05, 0.1) is 22.5 Å². The number of nitro groups is 1. The van der Waals surface area contributed by atoms with Crippen molar-refractivity contribution in [3.8, 4) is 0 Å². The number of nitrogens with zero attached hydrogens (tertiary/aromatic N) is 2. The van der Waals surface area contributed by atoms with Crippen molar-refractivity contribution in [3.63, 3.8) is 0 Å². The van der Waals surface area contributed by atoms with Crippen LogP contribution in [0.5, 0.6) is 0 Å². The van der Waals surface area contributed by atoms with Crippen LogP contribution in [0.15, 0.2) is 51.7 Å². The Morgan fingerprint density at radius 2 is 1.94 bits per heavy atom. The number of hydrogen-bond donors (Lipinski definition) is 1. The first kappa shape index (κ1) is 21.8. The number of carbonyl (C=O) groups excluding carboxylic acids is 2. The van der Waals surface area contributed by atoms with E-state index in [0.29, 0.717) is 0 Å². The second-order valence-electron chi connectivity index (χ2n) is 6.91. The maximum Gasteiger partial charge on any atom is 0.420 e. The summed E-state index contributed by atoms with van der Waals surface area (Å²) in [5.41, 5.74) is 2.05. The molecule has 1 unspecified atom stereocenters. The van der Waals surface area contributed by atoms with Gasteiger partial charge in [0.2, 0.25) is 0 Å². The van der Waals surface area contributed by atoms with Gasteiger partial charge < -0.3 is 14.5 Å². The van der Waals surface area contributed by atoms with E-state index in [-0.39, 0.29) is 22.8 Å². The van der Waals surface area contributed by atoms with Crippen molar-refractivity contribution in [2.24, 2.45) is 0 Å². The quantitative estimate of drug-likeness (QED) is 0.332. The molecule has 2 aromatic carbocycles. The molecule has 1 atom stereocenters. The smallest absolute Gasteiger partial charge is 0.420 e. The van der Waals surface area contributed by atoms with Gasteiger partial charge in [0.25, 0.3) is 11.6 Å². The van der Waals surface area contributed by atoms with Crippen molar-refractivity contribution < 1.29 is 23.7 Å². The highest BCUT2D eigenvalue weighted by Gasteiger charge is 2.18. The van der Waals surface area contributed by atoms with E-state index in [9.17, 15) is 24.5 Å². The van der Waals surface area contributed by atoms with Gasteiger partial charge >= 0.3 is 11.7 Å². The van der Waals surface area contributed by atoms with Crippen LogP contribution in [0.1, 0.15) is 31.0 Å². The van der Waals surface area contributed by atoms with Crippen LogP contribution in [0.3, 0.4) is 0 Å². The van der Waals surface area contributed by atoms with E-state index >= 15 is 0 Å². The summed E-state index contributed by atoms with van der Waals surface area (Å²) >= 11 is 0. The van der Waals surface area contributed by atoms with Crippen LogP contribution >= 0.6 is 0 Å². The van der Waals surface area contributed by atoms with Crippen LogP contribution in [0.25, 0.3) is 11.1 Å². The molecule has 10 nitrogen and oxygen atoms in total. The molecule has 162 valence electrons. The summed E-state index contributed by atoms with van der Waals surface area (Å²) in [6.07, 6.45) is 0.920. The third-order valence-electron chi connectivity index (χ3n) is 4.78. The number of fused-ring (bicyclic) bond motifs is 1. The van der Waals surface area contributed by atoms with Crippen LogP contribution in [0.2, 0.25) is 0 Å². The Morgan fingerprint density at radius 3 is 2.58 bits per heavy atom. The van der Waals surface area contributed by atoms with Gasteiger partial charge in [-0.25, -0.2) is 4.79 Å². The molecule has 1 heterocycles. The van der Waals surface area contributed by atoms with Gasteiger partial charge in [0.15, 0.2) is 12.2 Å². The zero-order valence-corrected chi connectivity index (χ0v) is 17.0. The molecule has 10 heteroatoms. The number of aromatic nitrogens is 1. The minimum absolute atomic E-state index is 0.0207. The number of benzene rings is 2. The number of non-ortho nitro benzene ring substituents is 1. The number of oxazole rings is 1. The predicted octanol–water partition coefficient (Wildman–Crippen LogP) is 2.49. The first-order chi connectivity index (χ1) is 14.8. The maximum atomic E-state index is 12.1. The predicted molar refractivity (Wildman–Crippen MR) is 110 cm³/mol.